The summed E-state index contributed by atoms with van der Waals surface area (Å²) in [6.45, 7) is 2.30. The zero-order valence-corrected chi connectivity index (χ0v) is 16.1. The van der Waals surface area contributed by atoms with E-state index in [-0.39, 0.29) is 0 Å². The summed E-state index contributed by atoms with van der Waals surface area (Å²) in [5, 5.41) is 6.63. The highest BCUT2D eigenvalue weighted by molar-refractivity contribution is 5.64. The van der Waals surface area contributed by atoms with E-state index >= 15 is 0 Å². The molecule has 1 aliphatic rings. The summed E-state index contributed by atoms with van der Waals surface area (Å²) in [5.74, 6) is 2.30. The third-order valence-electron chi connectivity index (χ3n) is 4.89. The minimum Gasteiger partial charge on any atom is -0.497 e. The van der Waals surface area contributed by atoms with Gasteiger partial charge in [0, 0.05) is 36.2 Å². The van der Waals surface area contributed by atoms with E-state index in [1.54, 1.807) is 13.4 Å². The maximum atomic E-state index is 5.19. The molecule has 2 aromatic carbocycles. The molecule has 1 aromatic heterocycles. The number of aromatic nitrogens is 2. The average Bonchev–Trinajstić information content (AvgIpc) is 2.76. The molecule has 0 saturated carbocycles. The molecular weight excluding hydrogens is 350 g/mol. The van der Waals surface area contributed by atoms with Crippen LogP contribution in [0.25, 0.3) is 0 Å². The molecule has 1 fully saturated rings. The van der Waals surface area contributed by atoms with Gasteiger partial charge in [-0.2, -0.15) is 0 Å². The molecule has 6 heteroatoms. The average molecular weight is 375 g/mol. The predicted molar refractivity (Wildman–Crippen MR) is 114 cm³/mol. The van der Waals surface area contributed by atoms with E-state index in [0.29, 0.717) is 0 Å². The van der Waals surface area contributed by atoms with Gasteiger partial charge < -0.3 is 20.3 Å². The van der Waals surface area contributed by atoms with Crippen LogP contribution >= 0.6 is 0 Å². The molecule has 0 unspecified atom stereocenters. The summed E-state index contributed by atoms with van der Waals surface area (Å²) >= 11 is 0. The lowest BCUT2D eigenvalue weighted by Crippen LogP contribution is -2.29. The predicted octanol–water partition coefficient (Wildman–Crippen LogP) is 4.96. The number of benzene rings is 2. The first-order valence-corrected chi connectivity index (χ1v) is 9.65. The second kappa shape index (κ2) is 8.61. The Balaban J connectivity index is 1.41. The fourth-order valence-corrected chi connectivity index (χ4v) is 3.37. The Kier molecular flexibility index (Phi) is 5.56. The Bertz CT molecular complexity index is 890. The largest absolute Gasteiger partial charge is 0.497 e. The van der Waals surface area contributed by atoms with Crippen molar-refractivity contribution in [3.8, 4) is 5.75 Å². The molecule has 1 aliphatic heterocycles. The molecule has 4 rings (SSSR count). The fourth-order valence-electron chi connectivity index (χ4n) is 3.37. The number of hydrogen-bond donors (Lipinski definition) is 2. The zero-order chi connectivity index (χ0) is 19.2. The van der Waals surface area contributed by atoms with Crippen LogP contribution in [0.15, 0.2) is 60.9 Å². The first-order chi connectivity index (χ1) is 13.8. The maximum absolute atomic E-state index is 5.19. The van der Waals surface area contributed by atoms with Crippen molar-refractivity contribution in [3.63, 3.8) is 0 Å². The van der Waals surface area contributed by atoms with Crippen LogP contribution in [-0.2, 0) is 0 Å². The van der Waals surface area contributed by atoms with Gasteiger partial charge in [0.15, 0.2) is 0 Å². The van der Waals surface area contributed by atoms with Crippen LogP contribution < -0.4 is 20.3 Å². The molecule has 1 saturated heterocycles. The van der Waals surface area contributed by atoms with Gasteiger partial charge in [-0.15, -0.1) is 0 Å². The van der Waals surface area contributed by atoms with Crippen LogP contribution in [0, 0.1) is 0 Å². The van der Waals surface area contributed by atoms with Crippen molar-refractivity contribution in [3.05, 3.63) is 60.9 Å². The number of piperidine rings is 1. The Morgan fingerprint density at radius 1 is 0.786 bits per heavy atom. The second-order valence-electron chi connectivity index (χ2n) is 6.86. The molecule has 144 valence electrons. The summed E-state index contributed by atoms with van der Waals surface area (Å²) in [6, 6.07) is 18.2. The molecule has 0 radical (unpaired) electrons. The van der Waals surface area contributed by atoms with Gasteiger partial charge in [0.2, 0.25) is 0 Å². The molecule has 0 bridgehead atoms. The molecule has 2 heterocycles. The van der Waals surface area contributed by atoms with Crippen molar-refractivity contribution in [1.82, 2.24) is 9.97 Å². The van der Waals surface area contributed by atoms with Gasteiger partial charge in [-0.1, -0.05) is 0 Å². The first kappa shape index (κ1) is 18.1. The minimum absolute atomic E-state index is 0.729. The van der Waals surface area contributed by atoms with Crippen LogP contribution in [0.3, 0.4) is 0 Å². The maximum Gasteiger partial charge on any atom is 0.135 e. The number of hydrogen-bond acceptors (Lipinski definition) is 6. The van der Waals surface area contributed by atoms with Gasteiger partial charge >= 0.3 is 0 Å². The third-order valence-corrected chi connectivity index (χ3v) is 4.89. The van der Waals surface area contributed by atoms with Gasteiger partial charge in [-0.3, -0.25) is 0 Å². The number of rotatable bonds is 6. The van der Waals surface area contributed by atoms with Crippen LogP contribution in [-0.4, -0.2) is 30.2 Å². The summed E-state index contributed by atoms with van der Waals surface area (Å²) in [7, 11) is 1.66. The van der Waals surface area contributed by atoms with Crippen molar-refractivity contribution in [2.24, 2.45) is 0 Å². The van der Waals surface area contributed by atoms with Crippen molar-refractivity contribution >= 4 is 28.7 Å². The topological polar surface area (TPSA) is 62.3 Å². The van der Waals surface area contributed by atoms with Crippen LogP contribution in [0.2, 0.25) is 0 Å². The number of methoxy groups -OCH3 is 1. The smallest absolute Gasteiger partial charge is 0.135 e. The SMILES string of the molecule is COc1ccc(Nc2cc(Nc3ccc(N4CCCCC4)cc3)ncn2)cc1. The Morgan fingerprint density at radius 2 is 1.36 bits per heavy atom. The van der Waals surface area contributed by atoms with Crippen molar-refractivity contribution in [2.75, 3.05) is 35.7 Å². The number of ether oxygens (including phenoxy) is 1. The minimum atomic E-state index is 0.729. The monoisotopic (exact) mass is 375 g/mol. The van der Waals surface area contributed by atoms with Crippen LogP contribution in [0.4, 0.5) is 28.7 Å². The molecule has 0 spiro atoms. The Labute approximate surface area is 165 Å². The summed E-state index contributed by atoms with van der Waals surface area (Å²) in [6.07, 6.45) is 5.46. The highest BCUT2D eigenvalue weighted by Gasteiger charge is 2.10. The molecule has 0 aliphatic carbocycles. The van der Waals surface area contributed by atoms with E-state index in [0.717, 1.165) is 41.8 Å². The Hall–Kier alpha value is -3.28. The lowest BCUT2D eigenvalue weighted by Gasteiger charge is -2.28. The lowest BCUT2D eigenvalue weighted by molar-refractivity contribution is 0.415. The van der Waals surface area contributed by atoms with E-state index < -0.39 is 0 Å². The lowest BCUT2D eigenvalue weighted by atomic mass is 10.1. The normalized spacial score (nSPS) is 13.8. The Morgan fingerprint density at radius 3 is 1.93 bits per heavy atom. The van der Waals surface area contributed by atoms with Crippen molar-refractivity contribution in [1.29, 1.82) is 0 Å². The molecule has 6 nitrogen and oxygen atoms in total. The highest BCUT2D eigenvalue weighted by atomic mass is 16.5. The zero-order valence-electron chi connectivity index (χ0n) is 16.1. The van der Waals surface area contributed by atoms with Crippen molar-refractivity contribution < 1.29 is 4.74 Å². The molecule has 0 amide bonds. The number of nitrogens with one attached hydrogen (secondary N) is 2. The summed E-state index contributed by atoms with van der Waals surface area (Å²) < 4.78 is 5.19. The molecule has 0 atom stereocenters. The summed E-state index contributed by atoms with van der Waals surface area (Å²) in [5.41, 5.74) is 3.24. The fraction of sp³-hybridized carbons (Fsp3) is 0.273. The standard InChI is InChI=1S/C22H25N5O/c1-28-20-11-7-18(8-12-20)26-22-15-21(23-16-24-22)25-17-5-9-19(10-6-17)27-13-3-2-4-14-27/h5-12,15-16H,2-4,13-14H2,1H3,(H2,23,24,25,26). The third kappa shape index (κ3) is 4.52. The first-order valence-electron chi connectivity index (χ1n) is 9.65. The molecule has 2 N–H and O–H groups in total. The highest BCUT2D eigenvalue weighted by Crippen LogP contribution is 2.24. The van der Waals surface area contributed by atoms with Gasteiger partial charge in [0.25, 0.3) is 0 Å². The van der Waals surface area contributed by atoms with Crippen LogP contribution in [0.1, 0.15) is 19.3 Å². The quantitative estimate of drug-likeness (QED) is 0.635. The van der Waals surface area contributed by atoms with E-state index in [9.17, 15) is 0 Å². The molecule has 3 aromatic rings. The van der Waals surface area contributed by atoms with Gasteiger partial charge in [0.1, 0.15) is 23.7 Å². The van der Waals surface area contributed by atoms with Crippen molar-refractivity contribution in [2.45, 2.75) is 19.3 Å². The van der Waals surface area contributed by atoms with Gasteiger partial charge in [-0.25, -0.2) is 9.97 Å². The number of anilines is 5. The summed E-state index contributed by atoms with van der Waals surface area (Å²) in [4.78, 5) is 11.1. The van der Waals surface area contributed by atoms with E-state index in [4.69, 9.17) is 4.74 Å². The van der Waals surface area contributed by atoms with E-state index in [1.165, 1.54) is 24.9 Å². The van der Waals surface area contributed by atoms with E-state index in [1.807, 2.05) is 30.3 Å². The number of nitrogens with zero attached hydrogens (tertiary/aromatic N) is 3. The molecule has 28 heavy (non-hydrogen) atoms. The van der Waals surface area contributed by atoms with Gasteiger partial charge in [-0.05, 0) is 67.8 Å². The van der Waals surface area contributed by atoms with Gasteiger partial charge in [0.05, 0.1) is 7.11 Å². The van der Waals surface area contributed by atoms with Crippen LogP contribution in [0.5, 0.6) is 5.75 Å². The van der Waals surface area contributed by atoms with E-state index in [2.05, 4.69) is 49.8 Å². The molecular formula is C22H25N5O. The second-order valence-corrected chi connectivity index (χ2v) is 6.86.